The molecule has 0 bridgehead atoms. The Kier molecular flexibility index (Phi) is 4.25. The van der Waals surface area contributed by atoms with Gasteiger partial charge in [0.2, 0.25) is 5.91 Å². The number of amides is 1. The first-order valence-corrected chi connectivity index (χ1v) is 6.51. The lowest BCUT2D eigenvalue weighted by Gasteiger charge is -2.14. The highest BCUT2D eigenvalue weighted by Crippen LogP contribution is 2.36. The van der Waals surface area contributed by atoms with Gasteiger partial charge in [-0.2, -0.15) is 13.2 Å². The van der Waals surface area contributed by atoms with Crippen molar-refractivity contribution in [3.63, 3.8) is 0 Å². The normalized spacial score (nSPS) is 20.1. The van der Waals surface area contributed by atoms with Gasteiger partial charge in [0.05, 0.1) is 16.5 Å². The number of alkyl halides is 3. The Labute approximate surface area is 119 Å². The van der Waals surface area contributed by atoms with E-state index in [2.05, 4.69) is 5.32 Å². The fourth-order valence-corrected chi connectivity index (χ4v) is 2.44. The third kappa shape index (κ3) is 3.43. The number of rotatable bonds is 2. The molecule has 2 rings (SSSR count). The van der Waals surface area contributed by atoms with Crippen LogP contribution in [0.1, 0.15) is 12.0 Å². The van der Waals surface area contributed by atoms with E-state index in [1.165, 1.54) is 6.07 Å². The molecular weight excluding hydrogens is 293 g/mol. The molecule has 1 saturated heterocycles. The summed E-state index contributed by atoms with van der Waals surface area (Å²) in [6.07, 6.45) is -3.83. The Bertz CT molecular complexity index is 519. The summed E-state index contributed by atoms with van der Waals surface area (Å²) in [4.78, 5) is 14.0. The average Bonchev–Trinajstić information content (AvgIpc) is 2.77. The number of hydrogen-bond donors (Lipinski definition) is 1. The van der Waals surface area contributed by atoms with Gasteiger partial charge in [-0.25, -0.2) is 0 Å². The van der Waals surface area contributed by atoms with Crippen LogP contribution in [0.3, 0.4) is 0 Å². The molecule has 1 aliphatic heterocycles. The van der Waals surface area contributed by atoms with Gasteiger partial charge in [0, 0.05) is 12.2 Å². The fourth-order valence-electron chi connectivity index (χ4n) is 2.21. The van der Waals surface area contributed by atoms with Crippen LogP contribution in [0.2, 0.25) is 5.02 Å². The maximum absolute atomic E-state index is 12.7. The number of benzene rings is 1. The van der Waals surface area contributed by atoms with E-state index in [-0.39, 0.29) is 22.5 Å². The first-order valence-electron chi connectivity index (χ1n) is 6.13. The van der Waals surface area contributed by atoms with Crippen LogP contribution in [0, 0.1) is 5.92 Å². The molecule has 1 aromatic carbocycles. The quantitative estimate of drug-likeness (QED) is 0.909. The van der Waals surface area contributed by atoms with Crippen molar-refractivity contribution in [1.29, 1.82) is 0 Å². The molecule has 0 aliphatic carbocycles. The number of nitrogens with zero attached hydrogens (tertiary/aromatic N) is 1. The molecule has 1 fully saturated rings. The van der Waals surface area contributed by atoms with Gasteiger partial charge in [0.1, 0.15) is 0 Å². The van der Waals surface area contributed by atoms with Crippen molar-refractivity contribution in [2.24, 2.45) is 5.92 Å². The SMILES string of the molecule is CN1CCC(C(=O)Nc2ccc(Cl)c(C(F)(F)F)c2)C1. The molecule has 110 valence electrons. The van der Waals surface area contributed by atoms with Crippen LogP contribution in [0.5, 0.6) is 0 Å². The van der Waals surface area contributed by atoms with E-state index < -0.39 is 11.7 Å². The summed E-state index contributed by atoms with van der Waals surface area (Å²) in [6.45, 7) is 1.43. The minimum atomic E-state index is -4.54. The monoisotopic (exact) mass is 306 g/mol. The molecule has 1 atom stereocenters. The summed E-state index contributed by atoms with van der Waals surface area (Å²) in [7, 11) is 1.90. The zero-order valence-electron chi connectivity index (χ0n) is 10.8. The fraction of sp³-hybridized carbons (Fsp3) is 0.462. The Hall–Kier alpha value is -1.27. The number of nitrogens with one attached hydrogen (secondary N) is 1. The maximum atomic E-state index is 12.7. The van der Waals surface area contributed by atoms with Crippen molar-refractivity contribution in [2.45, 2.75) is 12.6 Å². The highest BCUT2D eigenvalue weighted by Gasteiger charge is 2.34. The largest absolute Gasteiger partial charge is 0.417 e. The number of carbonyl (C=O) groups is 1. The van der Waals surface area contributed by atoms with Crippen LogP contribution in [-0.4, -0.2) is 30.9 Å². The molecule has 7 heteroatoms. The van der Waals surface area contributed by atoms with Crippen molar-refractivity contribution in [3.8, 4) is 0 Å². The molecule has 0 saturated carbocycles. The van der Waals surface area contributed by atoms with Crippen molar-refractivity contribution in [3.05, 3.63) is 28.8 Å². The number of anilines is 1. The van der Waals surface area contributed by atoms with Crippen molar-refractivity contribution in [2.75, 3.05) is 25.5 Å². The van der Waals surface area contributed by atoms with E-state index in [0.717, 1.165) is 18.7 Å². The molecule has 1 aromatic rings. The molecule has 1 heterocycles. The summed E-state index contributed by atoms with van der Waals surface area (Å²) in [5.41, 5.74) is -0.832. The van der Waals surface area contributed by atoms with E-state index in [0.29, 0.717) is 13.0 Å². The minimum absolute atomic E-state index is 0.112. The topological polar surface area (TPSA) is 32.3 Å². The van der Waals surface area contributed by atoms with Crippen LogP contribution >= 0.6 is 11.6 Å². The van der Waals surface area contributed by atoms with Gasteiger partial charge in [-0.3, -0.25) is 4.79 Å². The van der Waals surface area contributed by atoms with Crippen molar-refractivity contribution in [1.82, 2.24) is 4.90 Å². The van der Waals surface area contributed by atoms with Gasteiger partial charge in [0.15, 0.2) is 0 Å². The second-order valence-electron chi connectivity index (χ2n) is 4.93. The standard InChI is InChI=1S/C13H14ClF3N2O/c1-19-5-4-8(7-19)12(20)18-9-2-3-11(14)10(6-9)13(15,16)17/h2-3,6,8H,4-5,7H2,1H3,(H,18,20). The van der Waals surface area contributed by atoms with E-state index >= 15 is 0 Å². The second kappa shape index (κ2) is 5.61. The Morgan fingerprint density at radius 3 is 2.70 bits per heavy atom. The molecular formula is C13H14ClF3N2O. The van der Waals surface area contributed by atoms with Crippen LogP contribution in [0.4, 0.5) is 18.9 Å². The smallest absolute Gasteiger partial charge is 0.326 e. The zero-order valence-corrected chi connectivity index (χ0v) is 11.6. The van der Waals surface area contributed by atoms with Crippen LogP contribution < -0.4 is 5.32 Å². The Morgan fingerprint density at radius 1 is 1.45 bits per heavy atom. The average molecular weight is 307 g/mol. The molecule has 0 spiro atoms. The van der Waals surface area contributed by atoms with Gasteiger partial charge in [0.25, 0.3) is 0 Å². The highest BCUT2D eigenvalue weighted by atomic mass is 35.5. The summed E-state index contributed by atoms with van der Waals surface area (Å²) in [5, 5.41) is 2.14. The lowest BCUT2D eigenvalue weighted by atomic mass is 10.1. The summed E-state index contributed by atoms with van der Waals surface area (Å²) in [5.74, 6) is -0.449. The number of halogens is 4. The molecule has 3 nitrogen and oxygen atoms in total. The van der Waals surface area contributed by atoms with Crippen LogP contribution in [0.15, 0.2) is 18.2 Å². The first-order chi connectivity index (χ1) is 9.27. The molecule has 1 amide bonds. The molecule has 0 radical (unpaired) electrons. The lowest BCUT2D eigenvalue weighted by Crippen LogP contribution is -2.25. The Morgan fingerprint density at radius 2 is 2.15 bits per heavy atom. The highest BCUT2D eigenvalue weighted by molar-refractivity contribution is 6.31. The molecule has 1 unspecified atom stereocenters. The second-order valence-corrected chi connectivity index (χ2v) is 5.34. The van der Waals surface area contributed by atoms with Crippen molar-refractivity contribution >= 4 is 23.2 Å². The summed E-state index contributed by atoms with van der Waals surface area (Å²) in [6, 6.07) is 3.37. The lowest BCUT2D eigenvalue weighted by molar-refractivity contribution is -0.137. The third-order valence-electron chi connectivity index (χ3n) is 3.30. The number of likely N-dealkylation sites (tertiary alicyclic amines) is 1. The third-order valence-corrected chi connectivity index (χ3v) is 3.63. The number of hydrogen-bond acceptors (Lipinski definition) is 2. The van der Waals surface area contributed by atoms with Gasteiger partial charge < -0.3 is 10.2 Å². The molecule has 20 heavy (non-hydrogen) atoms. The van der Waals surface area contributed by atoms with Gasteiger partial charge in [-0.15, -0.1) is 0 Å². The van der Waals surface area contributed by atoms with Crippen LogP contribution in [-0.2, 0) is 11.0 Å². The van der Waals surface area contributed by atoms with Crippen LogP contribution in [0.25, 0.3) is 0 Å². The van der Waals surface area contributed by atoms with E-state index in [4.69, 9.17) is 11.6 Å². The van der Waals surface area contributed by atoms with E-state index in [1.807, 2.05) is 11.9 Å². The number of carbonyl (C=O) groups excluding carboxylic acids is 1. The van der Waals surface area contributed by atoms with Gasteiger partial charge in [-0.05, 0) is 38.2 Å². The zero-order chi connectivity index (χ0) is 14.9. The maximum Gasteiger partial charge on any atom is 0.417 e. The summed E-state index contributed by atoms with van der Waals surface area (Å²) >= 11 is 5.52. The van der Waals surface area contributed by atoms with E-state index in [1.54, 1.807) is 0 Å². The van der Waals surface area contributed by atoms with E-state index in [9.17, 15) is 18.0 Å². The predicted molar refractivity (Wildman–Crippen MR) is 70.7 cm³/mol. The predicted octanol–water partition coefficient (Wildman–Crippen LogP) is 3.25. The minimum Gasteiger partial charge on any atom is -0.326 e. The summed E-state index contributed by atoms with van der Waals surface area (Å²) < 4.78 is 38.1. The Balaban J connectivity index is 2.12. The molecule has 1 N–H and O–H groups in total. The first kappa shape index (κ1) is 15.1. The molecule has 1 aliphatic rings. The van der Waals surface area contributed by atoms with Gasteiger partial charge in [-0.1, -0.05) is 11.6 Å². The van der Waals surface area contributed by atoms with Crippen molar-refractivity contribution < 1.29 is 18.0 Å². The molecule has 0 aromatic heterocycles. The van der Waals surface area contributed by atoms with Gasteiger partial charge >= 0.3 is 6.18 Å².